The lowest BCUT2D eigenvalue weighted by atomic mass is 9.95. The van der Waals surface area contributed by atoms with Gasteiger partial charge in [-0.1, -0.05) is 19.4 Å². The van der Waals surface area contributed by atoms with Crippen LogP contribution in [0.3, 0.4) is 0 Å². The maximum atomic E-state index is 12.7. The molecule has 1 aliphatic heterocycles. The molecule has 0 radical (unpaired) electrons. The van der Waals surface area contributed by atoms with Crippen molar-refractivity contribution in [2.24, 2.45) is 11.8 Å². The largest absolute Gasteiger partial charge is 0.338 e. The first-order valence-electron chi connectivity index (χ1n) is 8.88. The van der Waals surface area contributed by atoms with Gasteiger partial charge in [0.1, 0.15) is 0 Å². The first-order chi connectivity index (χ1) is 11.5. The van der Waals surface area contributed by atoms with Gasteiger partial charge < -0.3 is 4.90 Å². The van der Waals surface area contributed by atoms with Crippen LogP contribution in [0.4, 0.5) is 0 Å². The highest BCUT2D eigenvalue weighted by atomic mass is 32.2. The quantitative estimate of drug-likeness (QED) is 0.858. The molecule has 1 N–H and O–H groups in total. The van der Waals surface area contributed by atoms with Gasteiger partial charge in [-0.05, 0) is 55.7 Å². The minimum absolute atomic E-state index is 0.0626. The molecule has 1 unspecified atom stereocenters. The van der Waals surface area contributed by atoms with Crippen LogP contribution in [0.2, 0.25) is 0 Å². The topological polar surface area (TPSA) is 66.5 Å². The van der Waals surface area contributed by atoms with Gasteiger partial charge in [0.15, 0.2) is 0 Å². The van der Waals surface area contributed by atoms with Crippen molar-refractivity contribution in [3.63, 3.8) is 0 Å². The highest BCUT2D eigenvalue weighted by molar-refractivity contribution is 7.89. The van der Waals surface area contributed by atoms with Crippen LogP contribution >= 0.6 is 0 Å². The average molecular weight is 350 g/mol. The van der Waals surface area contributed by atoms with Crippen molar-refractivity contribution < 1.29 is 13.2 Å². The van der Waals surface area contributed by atoms with Gasteiger partial charge in [0.25, 0.3) is 5.91 Å². The Kier molecular flexibility index (Phi) is 5.25. The van der Waals surface area contributed by atoms with Crippen molar-refractivity contribution in [3.05, 3.63) is 29.8 Å². The van der Waals surface area contributed by atoms with Gasteiger partial charge in [-0.25, -0.2) is 13.1 Å². The van der Waals surface area contributed by atoms with E-state index in [0.717, 1.165) is 38.8 Å². The highest BCUT2D eigenvalue weighted by Gasteiger charge is 2.26. The van der Waals surface area contributed by atoms with E-state index < -0.39 is 10.0 Å². The van der Waals surface area contributed by atoms with Gasteiger partial charge in [0.05, 0.1) is 4.90 Å². The number of hydrogen-bond donors (Lipinski definition) is 1. The fraction of sp³-hybridized carbons (Fsp3) is 0.611. The summed E-state index contributed by atoms with van der Waals surface area (Å²) in [6.07, 6.45) is 5.44. The second kappa shape index (κ2) is 7.23. The van der Waals surface area contributed by atoms with Crippen LogP contribution in [0.1, 0.15) is 49.4 Å². The van der Waals surface area contributed by atoms with Crippen LogP contribution in [0, 0.1) is 11.8 Å². The third-order valence-corrected chi connectivity index (χ3v) is 6.46. The molecule has 0 bridgehead atoms. The standard InChI is InChI=1S/C18H26N2O3S/c1-2-14-5-4-10-20(13-14)18(21)16-6-3-7-17(11-16)24(22,23)19-12-15-8-9-15/h3,6-7,11,14-15,19H,2,4-5,8-10,12-13H2,1H3. The van der Waals surface area contributed by atoms with Crippen molar-refractivity contribution in [1.29, 1.82) is 0 Å². The molecular weight excluding hydrogens is 324 g/mol. The molecule has 1 saturated carbocycles. The van der Waals surface area contributed by atoms with Gasteiger partial charge >= 0.3 is 0 Å². The molecule has 0 aromatic heterocycles. The Morgan fingerprint density at radius 2 is 2.04 bits per heavy atom. The molecule has 1 aromatic rings. The molecule has 1 atom stereocenters. The maximum absolute atomic E-state index is 12.7. The first-order valence-corrected chi connectivity index (χ1v) is 10.4. The van der Waals surface area contributed by atoms with Gasteiger partial charge in [-0.3, -0.25) is 4.79 Å². The van der Waals surface area contributed by atoms with E-state index in [2.05, 4.69) is 11.6 Å². The number of rotatable bonds is 6. The molecule has 0 spiro atoms. The molecule has 1 aliphatic carbocycles. The van der Waals surface area contributed by atoms with Crippen LogP contribution in [0.15, 0.2) is 29.2 Å². The molecule has 1 heterocycles. The number of amides is 1. The number of nitrogens with one attached hydrogen (secondary N) is 1. The SMILES string of the molecule is CCC1CCCN(C(=O)c2cccc(S(=O)(=O)NCC3CC3)c2)C1. The molecule has 24 heavy (non-hydrogen) atoms. The molecule has 6 heteroatoms. The zero-order chi connectivity index (χ0) is 17.2. The normalized spacial score (nSPS) is 21.7. The molecule has 1 aromatic carbocycles. The number of hydrogen-bond acceptors (Lipinski definition) is 3. The summed E-state index contributed by atoms with van der Waals surface area (Å²) < 4.78 is 27.4. The van der Waals surface area contributed by atoms with Crippen LogP contribution in [0.5, 0.6) is 0 Å². The highest BCUT2D eigenvalue weighted by Crippen LogP contribution is 2.28. The number of sulfonamides is 1. The third-order valence-electron chi connectivity index (χ3n) is 5.03. The molecule has 1 amide bonds. The summed E-state index contributed by atoms with van der Waals surface area (Å²) in [5.74, 6) is 0.964. The Labute approximate surface area is 144 Å². The van der Waals surface area contributed by atoms with Crippen LogP contribution in [-0.2, 0) is 10.0 Å². The number of nitrogens with zero attached hydrogens (tertiary/aromatic N) is 1. The second-order valence-electron chi connectivity index (χ2n) is 6.99. The Balaban J connectivity index is 1.73. The lowest BCUT2D eigenvalue weighted by molar-refractivity contribution is 0.0671. The Hall–Kier alpha value is -1.40. The smallest absolute Gasteiger partial charge is 0.253 e. The number of likely N-dealkylation sites (tertiary alicyclic amines) is 1. The van der Waals surface area contributed by atoms with E-state index >= 15 is 0 Å². The summed E-state index contributed by atoms with van der Waals surface area (Å²) in [7, 11) is -3.54. The Morgan fingerprint density at radius 1 is 1.25 bits per heavy atom. The monoisotopic (exact) mass is 350 g/mol. The summed E-state index contributed by atoms with van der Waals surface area (Å²) in [5.41, 5.74) is 0.459. The van der Waals surface area contributed by atoms with Crippen molar-refractivity contribution in [3.8, 4) is 0 Å². The molecule has 132 valence electrons. The molecule has 1 saturated heterocycles. The van der Waals surface area contributed by atoms with Crippen LogP contribution < -0.4 is 4.72 Å². The zero-order valence-electron chi connectivity index (χ0n) is 14.2. The minimum atomic E-state index is -3.54. The summed E-state index contributed by atoms with van der Waals surface area (Å²) >= 11 is 0. The van der Waals surface area contributed by atoms with E-state index in [1.165, 1.54) is 12.5 Å². The van der Waals surface area contributed by atoms with Crippen molar-refractivity contribution >= 4 is 15.9 Å². The van der Waals surface area contributed by atoms with E-state index in [1.807, 2.05) is 4.90 Å². The maximum Gasteiger partial charge on any atom is 0.253 e. The van der Waals surface area contributed by atoms with Crippen molar-refractivity contribution in [2.75, 3.05) is 19.6 Å². The van der Waals surface area contributed by atoms with Gasteiger partial charge in [0, 0.05) is 25.2 Å². The zero-order valence-corrected chi connectivity index (χ0v) is 15.0. The van der Waals surface area contributed by atoms with E-state index in [1.54, 1.807) is 18.2 Å². The fourth-order valence-electron chi connectivity index (χ4n) is 3.19. The minimum Gasteiger partial charge on any atom is -0.338 e. The number of carbonyl (C=O) groups is 1. The summed E-state index contributed by atoms with van der Waals surface area (Å²) in [4.78, 5) is 14.8. The van der Waals surface area contributed by atoms with E-state index in [4.69, 9.17) is 0 Å². The Morgan fingerprint density at radius 3 is 2.75 bits per heavy atom. The predicted molar refractivity (Wildman–Crippen MR) is 93.3 cm³/mol. The molecule has 3 rings (SSSR count). The number of carbonyl (C=O) groups excluding carboxylic acids is 1. The van der Waals surface area contributed by atoms with Gasteiger partial charge in [-0.2, -0.15) is 0 Å². The summed E-state index contributed by atoms with van der Waals surface area (Å²) in [6.45, 7) is 4.17. The average Bonchev–Trinajstić information content (AvgIpc) is 3.44. The van der Waals surface area contributed by atoms with Crippen LogP contribution in [-0.4, -0.2) is 38.9 Å². The van der Waals surface area contributed by atoms with Gasteiger partial charge in [-0.15, -0.1) is 0 Å². The van der Waals surface area contributed by atoms with E-state index in [-0.39, 0.29) is 10.8 Å². The third kappa shape index (κ3) is 4.16. The number of benzene rings is 1. The lowest BCUT2D eigenvalue weighted by Gasteiger charge is -2.32. The van der Waals surface area contributed by atoms with E-state index in [0.29, 0.717) is 23.9 Å². The van der Waals surface area contributed by atoms with Crippen LogP contribution in [0.25, 0.3) is 0 Å². The summed E-state index contributed by atoms with van der Waals surface area (Å²) in [6, 6.07) is 6.42. The van der Waals surface area contributed by atoms with E-state index in [9.17, 15) is 13.2 Å². The fourth-order valence-corrected chi connectivity index (χ4v) is 4.36. The van der Waals surface area contributed by atoms with Crippen molar-refractivity contribution in [2.45, 2.75) is 43.9 Å². The molecular formula is C18H26N2O3S. The van der Waals surface area contributed by atoms with Gasteiger partial charge in [0.2, 0.25) is 10.0 Å². The lowest BCUT2D eigenvalue weighted by Crippen LogP contribution is -2.39. The summed E-state index contributed by atoms with van der Waals surface area (Å²) in [5, 5.41) is 0. The molecule has 2 aliphatic rings. The molecule has 5 nitrogen and oxygen atoms in total. The predicted octanol–water partition coefficient (Wildman–Crippen LogP) is 2.64. The number of piperidine rings is 1. The second-order valence-corrected chi connectivity index (χ2v) is 8.76. The Bertz CT molecular complexity index is 698. The molecule has 2 fully saturated rings. The first kappa shape index (κ1) is 17.4. The van der Waals surface area contributed by atoms with Crippen molar-refractivity contribution in [1.82, 2.24) is 9.62 Å².